The first-order chi connectivity index (χ1) is 16.1. The zero-order chi connectivity index (χ0) is 22.8. The fourth-order valence-corrected chi connectivity index (χ4v) is 4.68. The SMILES string of the molecule is COc1ccc(C2=NN(C3=NC(=O)/C(=C/c4cccnc4)S3)C(c3ccccc3O)C2)cc1. The molecule has 5 rings (SSSR count). The highest BCUT2D eigenvalue weighted by molar-refractivity contribution is 8.18. The third-order valence-electron chi connectivity index (χ3n) is 5.42. The summed E-state index contributed by atoms with van der Waals surface area (Å²) in [5.41, 5.74) is 3.34. The molecule has 33 heavy (non-hydrogen) atoms. The highest BCUT2D eigenvalue weighted by Crippen LogP contribution is 2.41. The molecule has 2 aromatic carbocycles. The van der Waals surface area contributed by atoms with Gasteiger partial charge in [0.1, 0.15) is 11.5 Å². The number of carbonyl (C=O) groups is 1. The van der Waals surface area contributed by atoms with E-state index in [9.17, 15) is 9.90 Å². The molecule has 0 fully saturated rings. The standard InChI is InChI=1S/C25H20N4O3S/c1-32-18-10-8-17(9-11-18)20-14-21(19-6-2-3-7-22(19)30)29(28-20)25-27-24(31)23(33-25)13-16-5-4-12-26-15-16/h2-13,15,21,30H,14H2,1H3/b23-13-. The largest absolute Gasteiger partial charge is 0.508 e. The first-order valence-electron chi connectivity index (χ1n) is 10.3. The number of amides is 1. The van der Waals surface area contributed by atoms with Crippen LogP contribution in [0.5, 0.6) is 11.5 Å². The van der Waals surface area contributed by atoms with Gasteiger partial charge in [-0.15, -0.1) is 0 Å². The summed E-state index contributed by atoms with van der Waals surface area (Å²) in [6.45, 7) is 0. The zero-order valence-corrected chi connectivity index (χ0v) is 18.6. The van der Waals surface area contributed by atoms with Gasteiger partial charge >= 0.3 is 0 Å². The molecule has 0 radical (unpaired) electrons. The number of aliphatic imine (C=N–C) groups is 1. The van der Waals surface area contributed by atoms with Gasteiger partial charge < -0.3 is 9.84 Å². The van der Waals surface area contributed by atoms with Crippen LogP contribution in [0, 0.1) is 0 Å². The van der Waals surface area contributed by atoms with Crippen molar-refractivity contribution in [3.8, 4) is 11.5 Å². The molecular weight excluding hydrogens is 436 g/mol. The van der Waals surface area contributed by atoms with Gasteiger partial charge in [0.05, 0.1) is 23.8 Å². The molecule has 0 spiro atoms. The van der Waals surface area contributed by atoms with Crippen molar-refractivity contribution in [2.45, 2.75) is 12.5 Å². The maximum atomic E-state index is 12.6. The third-order valence-corrected chi connectivity index (χ3v) is 6.39. The van der Waals surface area contributed by atoms with Crippen LogP contribution in [0.2, 0.25) is 0 Å². The van der Waals surface area contributed by atoms with Crippen LogP contribution in [0.15, 0.2) is 88.1 Å². The summed E-state index contributed by atoms with van der Waals surface area (Å²) in [7, 11) is 1.63. The molecule has 1 unspecified atom stereocenters. The summed E-state index contributed by atoms with van der Waals surface area (Å²) >= 11 is 1.27. The van der Waals surface area contributed by atoms with Gasteiger partial charge in [-0.3, -0.25) is 9.78 Å². The number of hydrogen-bond acceptors (Lipinski definition) is 7. The number of carbonyl (C=O) groups excluding carboxylic acids is 1. The number of thioether (sulfide) groups is 1. The number of para-hydroxylation sites is 1. The van der Waals surface area contributed by atoms with Crippen LogP contribution in [0.1, 0.15) is 29.2 Å². The molecule has 8 heteroatoms. The smallest absolute Gasteiger partial charge is 0.286 e. The van der Waals surface area contributed by atoms with Crippen LogP contribution in [0.3, 0.4) is 0 Å². The second-order valence-electron chi connectivity index (χ2n) is 7.50. The Morgan fingerprint density at radius 1 is 1.12 bits per heavy atom. The van der Waals surface area contributed by atoms with Crippen molar-refractivity contribution in [1.82, 2.24) is 9.99 Å². The third kappa shape index (κ3) is 4.25. The summed E-state index contributed by atoms with van der Waals surface area (Å²) in [6.07, 6.45) is 5.71. The van der Waals surface area contributed by atoms with Gasteiger partial charge in [-0.25, -0.2) is 5.01 Å². The number of benzene rings is 2. The monoisotopic (exact) mass is 456 g/mol. The molecule has 2 aliphatic heterocycles. The molecule has 1 aromatic heterocycles. The molecule has 164 valence electrons. The van der Waals surface area contributed by atoms with E-state index in [-0.39, 0.29) is 17.7 Å². The molecule has 3 aromatic rings. The van der Waals surface area contributed by atoms with E-state index in [1.165, 1.54) is 11.8 Å². The highest BCUT2D eigenvalue weighted by Gasteiger charge is 2.37. The first kappa shape index (κ1) is 21.0. The summed E-state index contributed by atoms with van der Waals surface area (Å²) < 4.78 is 5.26. The van der Waals surface area contributed by atoms with Gasteiger partial charge in [-0.05, 0) is 65.4 Å². The maximum absolute atomic E-state index is 12.6. The number of methoxy groups -OCH3 is 1. The number of aromatic hydroxyl groups is 1. The fraction of sp³-hybridized carbons (Fsp3) is 0.120. The number of hydrazone groups is 1. The molecule has 0 saturated heterocycles. The minimum Gasteiger partial charge on any atom is -0.508 e. The molecule has 2 aliphatic rings. The molecule has 0 saturated carbocycles. The zero-order valence-electron chi connectivity index (χ0n) is 17.8. The fourth-order valence-electron chi connectivity index (χ4n) is 3.76. The number of pyridine rings is 1. The average molecular weight is 457 g/mol. The molecule has 3 heterocycles. The van der Waals surface area contributed by atoms with Crippen molar-refractivity contribution in [1.29, 1.82) is 0 Å². The lowest BCUT2D eigenvalue weighted by molar-refractivity contribution is -0.113. The second kappa shape index (κ2) is 8.91. The van der Waals surface area contributed by atoms with Gasteiger partial charge in [-0.1, -0.05) is 24.3 Å². The number of phenolic OH excluding ortho intramolecular Hbond substituents is 1. The molecule has 1 atom stereocenters. The van der Waals surface area contributed by atoms with Gasteiger partial charge in [0.2, 0.25) is 0 Å². The van der Waals surface area contributed by atoms with E-state index in [1.54, 1.807) is 42.7 Å². The van der Waals surface area contributed by atoms with Crippen molar-refractivity contribution in [2.24, 2.45) is 10.1 Å². The van der Waals surface area contributed by atoms with Gasteiger partial charge in [0, 0.05) is 24.4 Å². The summed E-state index contributed by atoms with van der Waals surface area (Å²) in [4.78, 5) is 21.5. The highest BCUT2D eigenvalue weighted by atomic mass is 32.2. The first-order valence-corrected chi connectivity index (χ1v) is 11.2. The molecular formula is C25H20N4O3S. The molecule has 7 nitrogen and oxygen atoms in total. The predicted molar refractivity (Wildman–Crippen MR) is 129 cm³/mol. The maximum Gasteiger partial charge on any atom is 0.286 e. The van der Waals surface area contributed by atoms with E-state index in [4.69, 9.17) is 9.84 Å². The normalized spacial score (nSPS) is 19.1. The van der Waals surface area contributed by atoms with Crippen LogP contribution < -0.4 is 4.74 Å². The van der Waals surface area contributed by atoms with Crippen LogP contribution >= 0.6 is 11.8 Å². The average Bonchev–Trinajstić information content (AvgIpc) is 3.44. The van der Waals surface area contributed by atoms with Crippen molar-refractivity contribution >= 4 is 34.6 Å². The lowest BCUT2D eigenvalue weighted by Crippen LogP contribution is -2.23. The predicted octanol–water partition coefficient (Wildman–Crippen LogP) is 4.62. The van der Waals surface area contributed by atoms with Crippen LogP contribution in [0.25, 0.3) is 6.08 Å². The Labute approximate surface area is 195 Å². The van der Waals surface area contributed by atoms with Crippen molar-refractivity contribution < 1.29 is 14.6 Å². The molecule has 1 N–H and O–H groups in total. The van der Waals surface area contributed by atoms with Gasteiger partial charge in [-0.2, -0.15) is 10.1 Å². The Balaban J connectivity index is 1.49. The van der Waals surface area contributed by atoms with E-state index in [0.717, 1.165) is 28.2 Å². The topological polar surface area (TPSA) is 87.4 Å². The van der Waals surface area contributed by atoms with E-state index in [2.05, 4.69) is 9.98 Å². The van der Waals surface area contributed by atoms with Crippen molar-refractivity contribution in [2.75, 3.05) is 7.11 Å². The molecule has 0 aliphatic carbocycles. The van der Waals surface area contributed by atoms with E-state index < -0.39 is 0 Å². The Hall–Kier alpha value is -3.91. The Bertz CT molecular complexity index is 1290. The minimum absolute atomic E-state index is 0.180. The number of aromatic nitrogens is 1. The molecule has 0 bridgehead atoms. The van der Waals surface area contributed by atoms with Crippen molar-refractivity contribution in [3.05, 3.63) is 94.7 Å². The van der Waals surface area contributed by atoms with E-state index >= 15 is 0 Å². The van der Waals surface area contributed by atoms with E-state index in [0.29, 0.717) is 16.5 Å². The summed E-state index contributed by atoms with van der Waals surface area (Å²) in [5.74, 6) is 0.626. The Kier molecular flexibility index (Phi) is 5.66. The second-order valence-corrected chi connectivity index (χ2v) is 8.50. The van der Waals surface area contributed by atoms with Crippen LogP contribution in [-0.4, -0.2) is 39.0 Å². The quantitative estimate of drug-likeness (QED) is 0.577. The number of hydrogen-bond donors (Lipinski definition) is 1. The Morgan fingerprint density at radius 3 is 2.67 bits per heavy atom. The van der Waals surface area contributed by atoms with Gasteiger partial charge in [0.25, 0.3) is 5.91 Å². The summed E-state index contributed by atoms with van der Waals surface area (Å²) in [6, 6.07) is 18.3. The van der Waals surface area contributed by atoms with Gasteiger partial charge in [0.15, 0.2) is 5.17 Å². The number of phenols is 1. The summed E-state index contributed by atoms with van der Waals surface area (Å²) in [5, 5.41) is 17.6. The lowest BCUT2D eigenvalue weighted by atomic mass is 9.98. The van der Waals surface area contributed by atoms with Crippen LogP contribution in [-0.2, 0) is 4.79 Å². The molecule has 1 amide bonds. The number of amidine groups is 1. The minimum atomic E-state index is -0.317. The van der Waals surface area contributed by atoms with Crippen LogP contribution in [0.4, 0.5) is 0 Å². The Morgan fingerprint density at radius 2 is 1.94 bits per heavy atom. The van der Waals surface area contributed by atoms with Crippen molar-refractivity contribution in [3.63, 3.8) is 0 Å². The number of rotatable bonds is 4. The van der Waals surface area contributed by atoms with E-state index in [1.807, 2.05) is 48.5 Å². The number of nitrogens with zero attached hydrogens (tertiary/aromatic N) is 4. The lowest BCUT2D eigenvalue weighted by Gasteiger charge is -2.23. The number of ether oxygens (including phenoxy) is 1.